The molecule has 5 heteroatoms. The van der Waals surface area contributed by atoms with Gasteiger partial charge in [-0.2, -0.15) is 0 Å². The highest BCUT2D eigenvalue weighted by molar-refractivity contribution is 6.30. The first-order valence-corrected chi connectivity index (χ1v) is 5.83. The summed E-state index contributed by atoms with van der Waals surface area (Å²) in [5.41, 5.74) is -0.0428. The Kier molecular flexibility index (Phi) is 3.26. The molecule has 1 fully saturated rings. The molecule has 1 aliphatic heterocycles. The number of carbonyl (C=O) groups is 1. The zero-order valence-electron chi connectivity index (χ0n) is 9.84. The molecule has 1 aromatic carbocycles. The van der Waals surface area contributed by atoms with E-state index in [0.717, 1.165) is 12.1 Å². The van der Waals surface area contributed by atoms with Crippen LogP contribution in [0.3, 0.4) is 0 Å². The van der Waals surface area contributed by atoms with Crippen LogP contribution in [0.4, 0.5) is 0 Å². The topological polar surface area (TPSA) is 50.4 Å². The molecule has 1 heterocycles. The van der Waals surface area contributed by atoms with E-state index in [0.29, 0.717) is 17.3 Å². The van der Waals surface area contributed by atoms with Crippen molar-refractivity contribution < 1.29 is 9.53 Å². The van der Waals surface area contributed by atoms with Gasteiger partial charge < -0.3 is 10.1 Å². The van der Waals surface area contributed by atoms with Crippen molar-refractivity contribution in [2.75, 3.05) is 20.2 Å². The molecule has 92 valence electrons. The van der Waals surface area contributed by atoms with E-state index in [4.69, 9.17) is 16.3 Å². The summed E-state index contributed by atoms with van der Waals surface area (Å²) in [6.07, 6.45) is 0. The number of nitrogens with one attached hydrogen (secondary N) is 2. The fourth-order valence-electron chi connectivity index (χ4n) is 2.03. The van der Waals surface area contributed by atoms with E-state index < -0.39 is 5.54 Å². The van der Waals surface area contributed by atoms with Crippen LogP contribution >= 0.6 is 11.6 Å². The highest BCUT2D eigenvalue weighted by Gasteiger charge is 2.39. The number of carbonyl (C=O) groups excluding carboxylic acids is 1. The minimum atomic E-state index is -0.797. The quantitative estimate of drug-likeness (QED) is 0.836. The summed E-state index contributed by atoms with van der Waals surface area (Å²) >= 11 is 5.99. The molecule has 0 spiro atoms. The highest BCUT2D eigenvalue weighted by Crippen LogP contribution is 2.33. The summed E-state index contributed by atoms with van der Waals surface area (Å²) in [4.78, 5) is 12.0. The third-order valence-electron chi connectivity index (χ3n) is 3.04. The Morgan fingerprint density at radius 2 is 2.18 bits per heavy atom. The number of halogens is 1. The smallest absolute Gasteiger partial charge is 0.244 e. The SMILES string of the molecule is COc1ccc(Cl)cc1C1(C)NCCNC1=O. The number of amides is 1. The van der Waals surface area contributed by atoms with E-state index in [-0.39, 0.29) is 5.91 Å². The van der Waals surface area contributed by atoms with E-state index >= 15 is 0 Å². The standard InChI is InChI=1S/C12H15ClN2O2/c1-12(11(16)14-5-6-15-12)9-7-8(13)3-4-10(9)17-2/h3-4,7,15H,5-6H2,1-2H3,(H,14,16). The zero-order valence-corrected chi connectivity index (χ0v) is 10.6. The van der Waals surface area contributed by atoms with Crippen LogP contribution in [0.25, 0.3) is 0 Å². The number of rotatable bonds is 2. The Balaban J connectivity index is 2.50. The van der Waals surface area contributed by atoms with Crippen LogP contribution in [0.2, 0.25) is 5.02 Å². The van der Waals surface area contributed by atoms with Gasteiger partial charge in [0.15, 0.2) is 0 Å². The number of ether oxygens (including phenoxy) is 1. The summed E-state index contributed by atoms with van der Waals surface area (Å²) in [6.45, 7) is 3.19. The molecule has 0 aliphatic carbocycles. The molecule has 1 unspecified atom stereocenters. The Morgan fingerprint density at radius 3 is 2.82 bits per heavy atom. The van der Waals surface area contributed by atoms with Gasteiger partial charge in [0.05, 0.1) is 7.11 Å². The minimum absolute atomic E-state index is 0.0654. The third-order valence-corrected chi connectivity index (χ3v) is 3.28. The van der Waals surface area contributed by atoms with Crippen LogP contribution < -0.4 is 15.4 Å². The summed E-state index contributed by atoms with van der Waals surface area (Å²) in [5.74, 6) is 0.589. The lowest BCUT2D eigenvalue weighted by molar-refractivity contribution is -0.129. The summed E-state index contributed by atoms with van der Waals surface area (Å²) < 4.78 is 5.29. The number of piperazine rings is 1. The largest absolute Gasteiger partial charge is 0.496 e. The Hall–Kier alpha value is -1.26. The van der Waals surface area contributed by atoms with Gasteiger partial charge >= 0.3 is 0 Å². The molecule has 0 radical (unpaired) electrons. The zero-order chi connectivity index (χ0) is 12.5. The van der Waals surface area contributed by atoms with Crippen molar-refractivity contribution in [2.45, 2.75) is 12.5 Å². The average molecular weight is 255 g/mol. The maximum atomic E-state index is 12.0. The molecule has 0 bridgehead atoms. The first kappa shape index (κ1) is 12.2. The molecule has 17 heavy (non-hydrogen) atoms. The van der Waals surface area contributed by atoms with Gasteiger partial charge in [-0.3, -0.25) is 10.1 Å². The third kappa shape index (κ3) is 2.10. The summed E-state index contributed by atoms with van der Waals surface area (Å²) in [5, 5.41) is 6.64. The predicted molar refractivity (Wildman–Crippen MR) is 66.4 cm³/mol. The minimum Gasteiger partial charge on any atom is -0.496 e. The first-order chi connectivity index (χ1) is 8.08. The molecule has 1 saturated heterocycles. The molecule has 1 atom stereocenters. The molecular weight excluding hydrogens is 240 g/mol. The molecular formula is C12H15ClN2O2. The molecule has 1 aliphatic rings. The lowest BCUT2D eigenvalue weighted by Gasteiger charge is -2.35. The Bertz CT molecular complexity index is 450. The average Bonchev–Trinajstić information content (AvgIpc) is 2.33. The van der Waals surface area contributed by atoms with Gasteiger partial charge in [0.1, 0.15) is 11.3 Å². The number of methoxy groups -OCH3 is 1. The second-order valence-electron chi connectivity index (χ2n) is 4.15. The predicted octanol–water partition coefficient (Wildman–Crippen LogP) is 1.28. The van der Waals surface area contributed by atoms with E-state index in [1.165, 1.54) is 0 Å². The van der Waals surface area contributed by atoms with Crippen molar-refractivity contribution in [3.05, 3.63) is 28.8 Å². The van der Waals surface area contributed by atoms with Gasteiger partial charge in [-0.25, -0.2) is 0 Å². The van der Waals surface area contributed by atoms with Gasteiger partial charge in [-0.15, -0.1) is 0 Å². The molecule has 1 aromatic rings. The second-order valence-corrected chi connectivity index (χ2v) is 4.59. The van der Waals surface area contributed by atoms with Gasteiger partial charge in [0.2, 0.25) is 5.91 Å². The first-order valence-electron chi connectivity index (χ1n) is 5.45. The second kappa shape index (κ2) is 4.55. The Morgan fingerprint density at radius 1 is 1.41 bits per heavy atom. The summed E-state index contributed by atoms with van der Waals surface area (Å²) in [6, 6.07) is 5.28. The fraction of sp³-hybridized carbons (Fsp3) is 0.417. The fourth-order valence-corrected chi connectivity index (χ4v) is 2.21. The monoisotopic (exact) mass is 254 g/mol. The van der Waals surface area contributed by atoms with Gasteiger partial charge in [0.25, 0.3) is 0 Å². The van der Waals surface area contributed by atoms with E-state index in [1.807, 2.05) is 6.92 Å². The number of hydrogen-bond acceptors (Lipinski definition) is 3. The summed E-state index contributed by atoms with van der Waals surface area (Å²) in [7, 11) is 1.58. The van der Waals surface area contributed by atoms with Crippen molar-refractivity contribution in [1.29, 1.82) is 0 Å². The van der Waals surface area contributed by atoms with Crippen molar-refractivity contribution in [2.24, 2.45) is 0 Å². The molecule has 1 amide bonds. The van der Waals surface area contributed by atoms with Crippen molar-refractivity contribution in [3.63, 3.8) is 0 Å². The van der Waals surface area contributed by atoms with Gasteiger partial charge in [-0.1, -0.05) is 11.6 Å². The normalized spacial score (nSPS) is 24.3. The van der Waals surface area contributed by atoms with Crippen molar-refractivity contribution in [1.82, 2.24) is 10.6 Å². The van der Waals surface area contributed by atoms with Crippen LogP contribution in [0.5, 0.6) is 5.75 Å². The lowest BCUT2D eigenvalue weighted by atomic mass is 9.88. The Labute approximate surface area is 105 Å². The highest BCUT2D eigenvalue weighted by atomic mass is 35.5. The van der Waals surface area contributed by atoms with Crippen LogP contribution in [0.1, 0.15) is 12.5 Å². The van der Waals surface area contributed by atoms with Gasteiger partial charge in [0, 0.05) is 23.7 Å². The maximum absolute atomic E-state index is 12.0. The van der Waals surface area contributed by atoms with E-state index in [1.54, 1.807) is 25.3 Å². The molecule has 0 saturated carbocycles. The van der Waals surface area contributed by atoms with Gasteiger partial charge in [-0.05, 0) is 25.1 Å². The van der Waals surface area contributed by atoms with E-state index in [9.17, 15) is 4.79 Å². The molecule has 2 N–H and O–H groups in total. The lowest BCUT2D eigenvalue weighted by Crippen LogP contribution is -2.59. The van der Waals surface area contributed by atoms with Crippen molar-refractivity contribution in [3.8, 4) is 5.75 Å². The maximum Gasteiger partial charge on any atom is 0.244 e. The number of hydrogen-bond donors (Lipinski definition) is 2. The van der Waals surface area contributed by atoms with Crippen LogP contribution in [0.15, 0.2) is 18.2 Å². The van der Waals surface area contributed by atoms with Crippen molar-refractivity contribution >= 4 is 17.5 Å². The van der Waals surface area contributed by atoms with E-state index in [2.05, 4.69) is 10.6 Å². The van der Waals surface area contributed by atoms with Crippen LogP contribution in [-0.4, -0.2) is 26.1 Å². The molecule has 4 nitrogen and oxygen atoms in total. The van der Waals surface area contributed by atoms with Crippen LogP contribution in [-0.2, 0) is 10.3 Å². The van der Waals surface area contributed by atoms with Crippen LogP contribution in [0, 0.1) is 0 Å². The molecule has 0 aromatic heterocycles. The molecule has 2 rings (SSSR count). The number of benzene rings is 1.